The number of nitrogens with zero attached hydrogens (tertiary/aromatic N) is 5. The lowest BCUT2D eigenvalue weighted by Crippen LogP contribution is -2.46. The summed E-state index contributed by atoms with van der Waals surface area (Å²) in [6, 6.07) is 10.9. The average molecular weight is 527 g/mol. The molecule has 1 aliphatic heterocycles. The molecule has 1 aliphatic rings. The van der Waals surface area contributed by atoms with E-state index in [2.05, 4.69) is 31.0 Å². The molecule has 11 nitrogen and oxygen atoms in total. The van der Waals surface area contributed by atoms with Crippen molar-refractivity contribution in [2.24, 2.45) is 0 Å². The Hall–Kier alpha value is -3.77. The lowest BCUT2D eigenvalue weighted by molar-refractivity contribution is 0.0976. The van der Waals surface area contributed by atoms with Crippen molar-refractivity contribution < 1.29 is 23.1 Å². The number of ether oxygens (including phenoxy) is 1. The second kappa shape index (κ2) is 11.1. The van der Waals surface area contributed by atoms with Gasteiger partial charge in [-0.05, 0) is 61.4 Å². The summed E-state index contributed by atoms with van der Waals surface area (Å²) in [4.78, 5) is 20.4. The van der Waals surface area contributed by atoms with Crippen molar-refractivity contribution in [1.29, 1.82) is 0 Å². The number of hydrogen-bond donors (Lipinski definition) is 2. The maximum Gasteiger partial charge on any atom is 0.285 e. The maximum atomic E-state index is 11.9. The molecule has 1 amide bonds. The van der Waals surface area contributed by atoms with Crippen LogP contribution in [-0.2, 0) is 16.6 Å². The summed E-state index contributed by atoms with van der Waals surface area (Å²) in [6.07, 6.45) is 4.05. The maximum absolute atomic E-state index is 11.9. The van der Waals surface area contributed by atoms with Gasteiger partial charge in [-0.3, -0.25) is 14.7 Å². The molecule has 37 heavy (non-hydrogen) atoms. The summed E-state index contributed by atoms with van der Waals surface area (Å²) >= 11 is 0. The van der Waals surface area contributed by atoms with E-state index >= 15 is 0 Å². The highest BCUT2D eigenvalue weighted by Crippen LogP contribution is 2.29. The molecule has 2 N–H and O–H groups in total. The first-order chi connectivity index (χ1) is 17.6. The van der Waals surface area contributed by atoms with Crippen LogP contribution in [-0.4, -0.2) is 78.1 Å². The summed E-state index contributed by atoms with van der Waals surface area (Å²) in [5.41, 5.74) is 2.76. The standard InChI is InChI=1S/C25H30N6O5S/c1-17(2)36-22-11-18(10-19(13-22)20-12-21(32)15-26-14-20)16-30-6-8-31(9-7-30)24-5-4-23(27-28-24)25(33)29-37(3,34)35/h4-5,10-15,17,32H,6-9,16H2,1-3H3,(H,29,33). The molecule has 0 radical (unpaired) electrons. The molecule has 0 saturated carbocycles. The van der Waals surface area contributed by atoms with Gasteiger partial charge in [0, 0.05) is 44.5 Å². The summed E-state index contributed by atoms with van der Waals surface area (Å²) in [5.74, 6) is 0.690. The topological polar surface area (TPSA) is 138 Å². The van der Waals surface area contributed by atoms with Crippen molar-refractivity contribution in [2.75, 3.05) is 37.3 Å². The second-order valence-electron chi connectivity index (χ2n) is 9.21. The van der Waals surface area contributed by atoms with E-state index in [1.54, 1.807) is 18.3 Å². The smallest absolute Gasteiger partial charge is 0.285 e. The highest BCUT2D eigenvalue weighted by molar-refractivity contribution is 7.89. The van der Waals surface area contributed by atoms with Gasteiger partial charge in [0.25, 0.3) is 5.91 Å². The van der Waals surface area contributed by atoms with Gasteiger partial charge < -0.3 is 14.7 Å². The minimum atomic E-state index is -3.67. The Kier molecular flexibility index (Phi) is 7.89. The van der Waals surface area contributed by atoms with E-state index < -0.39 is 15.9 Å². The number of aromatic hydroxyl groups is 1. The second-order valence-corrected chi connectivity index (χ2v) is 11.0. The van der Waals surface area contributed by atoms with E-state index in [1.165, 1.54) is 12.3 Å². The molecule has 1 fully saturated rings. The molecule has 0 spiro atoms. The molecule has 3 aromatic rings. The van der Waals surface area contributed by atoms with E-state index in [-0.39, 0.29) is 17.5 Å². The summed E-state index contributed by atoms with van der Waals surface area (Å²) in [5, 5.41) is 17.9. The molecule has 2 aromatic heterocycles. The molecular weight excluding hydrogens is 496 g/mol. The number of sulfonamides is 1. The number of hydrogen-bond acceptors (Lipinski definition) is 10. The normalized spacial score (nSPS) is 14.5. The third kappa shape index (κ3) is 7.37. The molecule has 0 bridgehead atoms. The number of amides is 1. The SMILES string of the molecule is CC(C)Oc1cc(CN2CCN(c3ccc(C(=O)NS(C)(=O)=O)nn3)CC2)cc(-c2cncc(O)c2)c1. The minimum absolute atomic E-state index is 0.0268. The molecule has 0 atom stereocenters. The first kappa shape index (κ1) is 26.3. The number of nitrogens with one attached hydrogen (secondary N) is 1. The van der Waals surface area contributed by atoms with Gasteiger partial charge in [0.1, 0.15) is 11.5 Å². The molecule has 4 rings (SSSR count). The molecule has 196 valence electrons. The van der Waals surface area contributed by atoms with Crippen LogP contribution in [0.1, 0.15) is 29.9 Å². The van der Waals surface area contributed by atoms with Gasteiger partial charge in [0.15, 0.2) is 11.5 Å². The van der Waals surface area contributed by atoms with Gasteiger partial charge in [-0.25, -0.2) is 13.1 Å². The largest absolute Gasteiger partial charge is 0.506 e. The monoisotopic (exact) mass is 526 g/mol. The van der Waals surface area contributed by atoms with Gasteiger partial charge in [0.05, 0.1) is 18.6 Å². The predicted octanol–water partition coefficient (Wildman–Crippen LogP) is 2.04. The lowest BCUT2D eigenvalue weighted by Gasteiger charge is -2.35. The van der Waals surface area contributed by atoms with Gasteiger partial charge >= 0.3 is 0 Å². The van der Waals surface area contributed by atoms with Crippen LogP contribution < -0.4 is 14.4 Å². The van der Waals surface area contributed by atoms with E-state index in [0.717, 1.165) is 61.4 Å². The summed E-state index contributed by atoms with van der Waals surface area (Å²) < 4.78 is 30.4. The first-order valence-corrected chi connectivity index (χ1v) is 13.7. The fourth-order valence-electron chi connectivity index (χ4n) is 4.07. The molecule has 0 unspecified atom stereocenters. The van der Waals surface area contributed by atoms with E-state index in [1.807, 2.05) is 30.7 Å². The van der Waals surface area contributed by atoms with Crippen LogP contribution in [0.15, 0.2) is 48.8 Å². The molecular formula is C25H30N6O5S. The number of piperazine rings is 1. The van der Waals surface area contributed by atoms with Gasteiger partial charge in [-0.15, -0.1) is 10.2 Å². The van der Waals surface area contributed by atoms with Gasteiger partial charge in [0.2, 0.25) is 10.0 Å². The van der Waals surface area contributed by atoms with Gasteiger partial charge in [-0.1, -0.05) is 0 Å². The number of rotatable bonds is 8. The fourth-order valence-corrected chi connectivity index (χ4v) is 4.51. The Labute approximate surface area is 216 Å². The van der Waals surface area contributed by atoms with E-state index in [4.69, 9.17) is 4.74 Å². The average Bonchev–Trinajstić information content (AvgIpc) is 2.83. The van der Waals surface area contributed by atoms with Crippen LogP contribution in [0.4, 0.5) is 5.82 Å². The van der Waals surface area contributed by atoms with Crippen LogP contribution in [0.3, 0.4) is 0 Å². The zero-order chi connectivity index (χ0) is 26.6. The van der Waals surface area contributed by atoms with Crippen LogP contribution in [0.2, 0.25) is 0 Å². The van der Waals surface area contributed by atoms with Crippen LogP contribution in [0.5, 0.6) is 11.5 Å². The highest BCUT2D eigenvalue weighted by Gasteiger charge is 2.20. The lowest BCUT2D eigenvalue weighted by atomic mass is 10.0. The number of benzene rings is 1. The van der Waals surface area contributed by atoms with Gasteiger partial charge in [-0.2, -0.15) is 0 Å². The molecule has 12 heteroatoms. The summed E-state index contributed by atoms with van der Waals surface area (Å²) in [6.45, 7) is 7.69. The van der Waals surface area contributed by atoms with E-state index in [9.17, 15) is 18.3 Å². The number of carbonyl (C=O) groups is 1. The molecule has 1 saturated heterocycles. The highest BCUT2D eigenvalue weighted by atomic mass is 32.2. The van der Waals surface area contributed by atoms with Crippen LogP contribution in [0, 0.1) is 0 Å². The van der Waals surface area contributed by atoms with Crippen LogP contribution >= 0.6 is 0 Å². The van der Waals surface area contributed by atoms with Crippen molar-refractivity contribution in [1.82, 2.24) is 24.8 Å². The Morgan fingerprint density at radius 3 is 2.43 bits per heavy atom. The van der Waals surface area contributed by atoms with Crippen molar-refractivity contribution in [2.45, 2.75) is 26.5 Å². The molecule has 3 heterocycles. The van der Waals surface area contributed by atoms with Crippen molar-refractivity contribution in [3.05, 3.63) is 60.0 Å². The first-order valence-electron chi connectivity index (χ1n) is 11.8. The zero-order valence-corrected chi connectivity index (χ0v) is 21.8. The quantitative estimate of drug-likeness (QED) is 0.448. The van der Waals surface area contributed by atoms with Crippen molar-refractivity contribution in [3.8, 4) is 22.6 Å². The summed E-state index contributed by atoms with van der Waals surface area (Å²) in [7, 11) is -3.67. The predicted molar refractivity (Wildman–Crippen MR) is 139 cm³/mol. The Morgan fingerprint density at radius 2 is 1.81 bits per heavy atom. The zero-order valence-electron chi connectivity index (χ0n) is 21.0. The third-order valence-electron chi connectivity index (χ3n) is 5.66. The number of aromatic nitrogens is 3. The Morgan fingerprint density at radius 1 is 1.05 bits per heavy atom. The molecule has 1 aromatic carbocycles. The van der Waals surface area contributed by atoms with Crippen LogP contribution in [0.25, 0.3) is 11.1 Å². The third-order valence-corrected chi connectivity index (χ3v) is 6.22. The number of pyridine rings is 1. The van der Waals surface area contributed by atoms with E-state index in [0.29, 0.717) is 5.82 Å². The van der Waals surface area contributed by atoms with Crippen molar-refractivity contribution in [3.63, 3.8) is 0 Å². The number of carbonyl (C=O) groups excluding carboxylic acids is 1. The number of anilines is 1. The fraction of sp³-hybridized carbons (Fsp3) is 0.360. The van der Waals surface area contributed by atoms with Crippen molar-refractivity contribution >= 4 is 21.7 Å². The Balaban J connectivity index is 1.41. The molecule has 0 aliphatic carbocycles. The Bertz CT molecular complexity index is 1360. The minimum Gasteiger partial charge on any atom is -0.506 e.